The zero-order chi connectivity index (χ0) is 19.3. The smallest absolute Gasteiger partial charge is 0.317 e. The lowest BCUT2D eigenvalue weighted by atomic mass is 9.49. The molecule has 5 heteroatoms. The average molecular weight is 388 g/mol. The molecule has 3 amide bonds. The SMILES string of the molecule is CC1CCC(NC(=O)N2CCN(C(=O)C34CC5CC(CC(C5)C3)C4)CC2)CC1. The second-order valence-electron chi connectivity index (χ2n) is 10.9. The minimum atomic E-state index is -0.0437. The molecule has 1 aliphatic heterocycles. The fourth-order valence-corrected chi connectivity index (χ4v) is 7.49. The van der Waals surface area contributed by atoms with Crippen LogP contribution in [0.3, 0.4) is 0 Å². The summed E-state index contributed by atoms with van der Waals surface area (Å²) in [6.45, 7) is 5.11. The summed E-state index contributed by atoms with van der Waals surface area (Å²) in [7, 11) is 0. The monoisotopic (exact) mass is 387 g/mol. The molecule has 6 fully saturated rings. The Morgan fingerprint density at radius 2 is 1.29 bits per heavy atom. The maximum Gasteiger partial charge on any atom is 0.317 e. The fraction of sp³-hybridized carbons (Fsp3) is 0.913. The van der Waals surface area contributed by atoms with Gasteiger partial charge in [-0.1, -0.05) is 6.92 Å². The Kier molecular flexibility index (Phi) is 4.83. The number of carbonyl (C=O) groups is 2. The molecule has 0 aromatic carbocycles. The highest BCUT2D eigenvalue weighted by Crippen LogP contribution is 2.60. The maximum absolute atomic E-state index is 13.5. The number of nitrogens with one attached hydrogen (secondary N) is 1. The molecule has 5 saturated carbocycles. The van der Waals surface area contributed by atoms with Crippen LogP contribution in [0, 0.1) is 29.1 Å². The van der Waals surface area contributed by atoms with Gasteiger partial charge in [0.15, 0.2) is 0 Å². The second-order valence-corrected chi connectivity index (χ2v) is 10.9. The number of rotatable bonds is 2. The summed E-state index contributed by atoms with van der Waals surface area (Å²) in [6.07, 6.45) is 12.2. The van der Waals surface area contributed by atoms with Crippen molar-refractivity contribution < 1.29 is 9.59 Å². The van der Waals surface area contributed by atoms with Crippen LogP contribution >= 0.6 is 0 Å². The van der Waals surface area contributed by atoms with Gasteiger partial charge in [-0.3, -0.25) is 4.79 Å². The average Bonchev–Trinajstić information content (AvgIpc) is 2.68. The molecule has 156 valence electrons. The molecule has 6 aliphatic rings. The van der Waals surface area contributed by atoms with Gasteiger partial charge < -0.3 is 15.1 Å². The molecular weight excluding hydrogens is 350 g/mol. The molecule has 0 radical (unpaired) electrons. The van der Waals surface area contributed by atoms with Gasteiger partial charge in [0.1, 0.15) is 0 Å². The lowest BCUT2D eigenvalue weighted by Crippen LogP contribution is -2.59. The summed E-state index contributed by atoms with van der Waals surface area (Å²) in [5.74, 6) is 3.64. The van der Waals surface area contributed by atoms with Crippen LogP contribution in [0.4, 0.5) is 4.79 Å². The van der Waals surface area contributed by atoms with Gasteiger partial charge in [0.2, 0.25) is 5.91 Å². The quantitative estimate of drug-likeness (QED) is 0.786. The van der Waals surface area contributed by atoms with Crippen molar-refractivity contribution in [3.63, 3.8) is 0 Å². The van der Waals surface area contributed by atoms with Crippen molar-refractivity contribution in [2.45, 2.75) is 77.2 Å². The zero-order valence-electron chi connectivity index (χ0n) is 17.5. The molecule has 4 bridgehead atoms. The topological polar surface area (TPSA) is 52.7 Å². The fourth-order valence-electron chi connectivity index (χ4n) is 7.49. The minimum Gasteiger partial charge on any atom is -0.339 e. The highest BCUT2D eigenvalue weighted by Gasteiger charge is 2.55. The highest BCUT2D eigenvalue weighted by atomic mass is 16.2. The van der Waals surface area contributed by atoms with Crippen LogP contribution in [0.5, 0.6) is 0 Å². The van der Waals surface area contributed by atoms with Crippen LogP contribution in [-0.2, 0) is 4.79 Å². The van der Waals surface area contributed by atoms with Gasteiger partial charge >= 0.3 is 6.03 Å². The van der Waals surface area contributed by atoms with E-state index in [1.54, 1.807) is 0 Å². The summed E-state index contributed by atoms with van der Waals surface area (Å²) < 4.78 is 0. The predicted molar refractivity (Wildman–Crippen MR) is 109 cm³/mol. The number of hydrogen-bond acceptors (Lipinski definition) is 2. The van der Waals surface area contributed by atoms with E-state index < -0.39 is 0 Å². The first kappa shape index (κ1) is 18.7. The minimum absolute atomic E-state index is 0.0437. The normalized spacial score (nSPS) is 42.5. The van der Waals surface area contributed by atoms with Crippen LogP contribution in [0.25, 0.3) is 0 Å². The van der Waals surface area contributed by atoms with Crippen LogP contribution in [0.2, 0.25) is 0 Å². The van der Waals surface area contributed by atoms with Crippen molar-refractivity contribution in [3.8, 4) is 0 Å². The van der Waals surface area contributed by atoms with Gasteiger partial charge in [-0.15, -0.1) is 0 Å². The third kappa shape index (κ3) is 3.43. The highest BCUT2D eigenvalue weighted by molar-refractivity contribution is 5.84. The van der Waals surface area contributed by atoms with Crippen LogP contribution in [0.15, 0.2) is 0 Å². The molecule has 0 aromatic rings. The lowest BCUT2D eigenvalue weighted by molar-refractivity contribution is -0.159. The Morgan fingerprint density at radius 1 is 0.786 bits per heavy atom. The van der Waals surface area contributed by atoms with Crippen molar-refractivity contribution in [2.24, 2.45) is 29.1 Å². The van der Waals surface area contributed by atoms with E-state index in [0.717, 1.165) is 68.9 Å². The van der Waals surface area contributed by atoms with Crippen LogP contribution in [-0.4, -0.2) is 54.0 Å². The third-order valence-electron chi connectivity index (χ3n) is 8.69. The van der Waals surface area contributed by atoms with Gasteiger partial charge in [0, 0.05) is 32.2 Å². The molecule has 1 N–H and O–H groups in total. The summed E-state index contributed by atoms with van der Waals surface area (Å²) in [5.41, 5.74) is -0.0437. The number of nitrogens with zero attached hydrogens (tertiary/aromatic N) is 2. The van der Waals surface area contributed by atoms with E-state index in [-0.39, 0.29) is 11.4 Å². The summed E-state index contributed by atoms with van der Waals surface area (Å²) in [4.78, 5) is 30.2. The third-order valence-corrected chi connectivity index (χ3v) is 8.69. The number of piperazine rings is 1. The van der Waals surface area contributed by atoms with Gasteiger partial charge in [0.25, 0.3) is 0 Å². The molecule has 0 atom stereocenters. The number of amides is 3. The predicted octanol–water partition coefficient (Wildman–Crippen LogP) is 3.64. The molecule has 5 aliphatic carbocycles. The van der Waals surface area contributed by atoms with E-state index in [1.807, 2.05) is 4.90 Å². The number of urea groups is 1. The first-order valence-electron chi connectivity index (χ1n) is 11.9. The Hall–Kier alpha value is -1.26. The van der Waals surface area contributed by atoms with E-state index in [0.29, 0.717) is 25.0 Å². The molecule has 0 aromatic heterocycles. The van der Waals surface area contributed by atoms with E-state index in [4.69, 9.17) is 0 Å². The number of carbonyl (C=O) groups excluding carboxylic acids is 2. The van der Waals surface area contributed by atoms with Crippen LogP contribution < -0.4 is 5.32 Å². The second kappa shape index (κ2) is 7.21. The van der Waals surface area contributed by atoms with Crippen molar-refractivity contribution in [1.29, 1.82) is 0 Å². The van der Waals surface area contributed by atoms with E-state index in [9.17, 15) is 9.59 Å². The zero-order valence-corrected chi connectivity index (χ0v) is 17.5. The van der Waals surface area contributed by atoms with Crippen molar-refractivity contribution in [1.82, 2.24) is 15.1 Å². The molecule has 0 spiro atoms. The van der Waals surface area contributed by atoms with Crippen molar-refractivity contribution >= 4 is 11.9 Å². The molecule has 6 rings (SSSR count). The molecule has 5 nitrogen and oxygen atoms in total. The van der Waals surface area contributed by atoms with Gasteiger partial charge in [-0.25, -0.2) is 4.79 Å². The first-order chi connectivity index (χ1) is 13.5. The number of hydrogen-bond donors (Lipinski definition) is 1. The molecular formula is C23H37N3O2. The van der Waals surface area contributed by atoms with Crippen molar-refractivity contribution in [3.05, 3.63) is 0 Å². The van der Waals surface area contributed by atoms with Gasteiger partial charge in [-0.05, 0) is 87.9 Å². The standard InChI is InChI=1S/C23H37N3O2/c1-16-2-4-20(5-3-16)24-22(28)26-8-6-25(7-9-26)21(27)23-13-17-10-18(14-23)12-19(11-17)15-23/h16-20H,2-15H2,1H3,(H,24,28). The summed E-state index contributed by atoms with van der Waals surface area (Å²) in [6, 6.07) is 0.428. The van der Waals surface area contributed by atoms with E-state index in [1.165, 1.54) is 32.1 Å². The Balaban J connectivity index is 1.14. The van der Waals surface area contributed by atoms with Gasteiger partial charge in [0.05, 0.1) is 5.41 Å². The Labute approximate surface area is 169 Å². The van der Waals surface area contributed by atoms with E-state index in [2.05, 4.69) is 17.1 Å². The Morgan fingerprint density at radius 3 is 1.82 bits per heavy atom. The molecule has 1 heterocycles. The summed E-state index contributed by atoms with van der Waals surface area (Å²) in [5, 5.41) is 3.25. The largest absolute Gasteiger partial charge is 0.339 e. The molecule has 28 heavy (non-hydrogen) atoms. The molecule has 0 unspecified atom stereocenters. The van der Waals surface area contributed by atoms with Crippen LogP contribution in [0.1, 0.15) is 71.1 Å². The van der Waals surface area contributed by atoms with Gasteiger partial charge in [-0.2, -0.15) is 0 Å². The molecule has 1 saturated heterocycles. The van der Waals surface area contributed by atoms with Crippen molar-refractivity contribution in [2.75, 3.05) is 26.2 Å². The first-order valence-corrected chi connectivity index (χ1v) is 11.9. The lowest BCUT2D eigenvalue weighted by Gasteiger charge is -2.57. The summed E-state index contributed by atoms with van der Waals surface area (Å²) >= 11 is 0. The maximum atomic E-state index is 13.5. The Bertz CT molecular complexity index is 582. The van der Waals surface area contributed by atoms with E-state index >= 15 is 0 Å².